The molecule has 0 aliphatic heterocycles. The Hall–Kier alpha value is -1.94. The Morgan fingerprint density at radius 1 is 0.309 bits per heavy atom. The zero-order valence-electron chi connectivity index (χ0n) is 61.3. The largest absolute Gasteiger partial charge is 0.472 e. The maximum Gasteiger partial charge on any atom is 0.472 e. The summed E-state index contributed by atoms with van der Waals surface area (Å²) in [6, 6.07) is 0. The number of aliphatic hydroxyl groups excluding tert-OH is 1. The third-order valence-corrected chi connectivity index (χ3v) is 19.7. The van der Waals surface area contributed by atoms with E-state index >= 15 is 0 Å². The zero-order chi connectivity index (χ0) is 69.3. The molecule has 0 radical (unpaired) electrons. The molecular weight excluding hydrogens is 1230 g/mol. The Balaban J connectivity index is 5.17. The Labute approximate surface area is 575 Å². The molecule has 0 fully saturated rings. The highest BCUT2D eigenvalue weighted by atomic mass is 31.2. The average Bonchev–Trinajstić information content (AvgIpc) is 1.65. The van der Waals surface area contributed by atoms with Gasteiger partial charge >= 0.3 is 39.5 Å². The molecule has 0 aromatic carbocycles. The minimum atomic E-state index is -4.96. The number of aliphatic hydroxyl groups is 1. The number of carbonyl (C=O) groups excluding carboxylic acids is 4. The van der Waals surface area contributed by atoms with Gasteiger partial charge in [-0.3, -0.25) is 37.3 Å². The smallest absolute Gasteiger partial charge is 0.462 e. The number of carbonyl (C=O) groups is 4. The normalized spacial score (nSPS) is 14.3. The number of esters is 4. The SMILES string of the molecule is CCCCCCCCCCCCCCCCCCCCCC(=O)O[C@H](COC(=O)CCCCCCCCCCCCCCCCCC(C)C)COP(=O)(O)OC[C@@H](O)COP(=O)(O)OC[C@@H](COC(=O)CCCCCCCCC)OC(=O)CCCCCCCCC(C)CC. The van der Waals surface area contributed by atoms with E-state index in [0.717, 1.165) is 115 Å². The van der Waals surface area contributed by atoms with Crippen LogP contribution in [0.3, 0.4) is 0 Å². The van der Waals surface area contributed by atoms with Crippen LogP contribution in [0.15, 0.2) is 0 Å². The lowest BCUT2D eigenvalue weighted by molar-refractivity contribution is -0.161. The first-order chi connectivity index (χ1) is 45.4. The first-order valence-electron chi connectivity index (χ1n) is 39.0. The molecule has 0 heterocycles. The van der Waals surface area contributed by atoms with Gasteiger partial charge in [-0.15, -0.1) is 0 Å². The van der Waals surface area contributed by atoms with E-state index in [-0.39, 0.29) is 25.7 Å². The molecule has 0 saturated carbocycles. The summed E-state index contributed by atoms with van der Waals surface area (Å²) in [4.78, 5) is 72.6. The Kier molecular flexibility index (Phi) is 65.5. The van der Waals surface area contributed by atoms with Gasteiger partial charge in [-0.2, -0.15) is 0 Å². The van der Waals surface area contributed by atoms with Crippen molar-refractivity contribution in [1.29, 1.82) is 0 Å². The average molecular weight is 1380 g/mol. The van der Waals surface area contributed by atoms with Crippen molar-refractivity contribution in [3.05, 3.63) is 0 Å². The molecule has 17 nitrogen and oxygen atoms in total. The van der Waals surface area contributed by atoms with Crippen molar-refractivity contribution in [2.75, 3.05) is 39.6 Å². The molecule has 3 N–H and O–H groups in total. The van der Waals surface area contributed by atoms with Crippen LogP contribution in [-0.2, 0) is 65.4 Å². The van der Waals surface area contributed by atoms with Crippen molar-refractivity contribution in [1.82, 2.24) is 0 Å². The van der Waals surface area contributed by atoms with Crippen molar-refractivity contribution in [3.63, 3.8) is 0 Å². The Bertz CT molecular complexity index is 1820. The molecule has 0 saturated heterocycles. The second-order valence-electron chi connectivity index (χ2n) is 27.8. The fourth-order valence-electron chi connectivity index (χ4n) is 11.4. The zero-order valence-corrected chi connectivity index (χ0v) is 63.1. The first-order valence-corrected chi connectivity index (χ1v) is 42.0. The minimum absolute atomic E-state index is 0.103. The predicted molar refractivity (Wildman–Crippen MR) is 381 cm³/mol. The van der Waals surface area contributed by atoms with Gasteiger partial charge in [-0.25, -0.2) is 9.13 Å². The third kappa shape index (κ3) is 67.3. The highest BCUT2D eigenvalue weighted by Gasteiger charge is 2.30. The van der Waals surface area contributed by atoms with E-state index in [1.54, 1.807) is 0 Å². The van der Waals surface area contributed by atoms with Crippen molar-refractivity contribution >= 4 is 39.5 Å². The highest BCUT2D eigenvalue weighted by molar-refractivity contribution is 7.47. The van der Waals surface area contributed by atoms with E-state index in [9.17, 15) is 43.2 Å². The number of ether oxygens (including phenoxy) is 4. The van der Waals surface area contributed by atoms with Crippen molar-refractivity contribution in [3.8, 4) is 0 Å². The summed E-state index contributed by atoms with van der Waals surface area (Å²) in [6.45, 7) is 9.52. The van der Waals surface area contributed by atoms with Crippen molar-refractivity contribution < 1.29 is 80.2 Å². The molecule has 94 heavy (non-hydrogen) atoms. The quantitative estimate of drug-likeness (QED) is 0.0222. The van der Waals surface area contributed by atoms with Crippen LogP contribution in [0.5, 0.6) is 0 Å². The molecule has 0 amide bonds. The molecule has 0 rings (SSSR count). The molecule has 0 bridgehead atoms. The van der Waals surface area contributed by atoms with Crippen LogP contribution in [0.1, 0.15) is 388 Å². The van der Waals surface area contributed by atoms with Gasteiger partial charge in [0.25, 0.3) is 0 Å². The molecule has 0 aliphatic carbocycles. The highest BCUT2D eigenvalue weighted by Crippen LogP contribution is 2.45. The second kappa shape index (κ2) is 66.9. The van der Waals surface area contributed by atoms with Gasteiger partial charge in [0.05, 0.1) is 26.4 Å². The Morgan fingerprint density at radius 3 is 0.809 bits per heavy atom. The van der Waals surface area contributed by atoms with Crippen LogP contribution >= 0.6 is 15.6 Å². The summed E-state index contributed by atoms with van der Waals surface area (Å²) in [6.07, 6.45) is 54.4. The summed E-state index contributed by atoms with van der Waals surface area (Å²) in [5, 5.41) is 10.6. The standard InChI is InChI=1S/C75H146O17P2/c1-7-10-12-14-16-17-18-19-20-21-22-23-26-30-33-36-40-47-53-59-74(79)91-70(64-86-73(78)58-52-46-39-35-32-29-27-24-25-28-31-34-38-43-49-55-67(4)5)65-89-93(81,82)87-61-69(76)62-88-94(83,84)90-66-71(63-85-72(77)57-51-45-37-15-13-11-8-2)92-75(80)60-54-48-42-41-44-50-56-68(6)9-3/h67-71,76H,7-66H2,1-6H3,(H,81,82)(H,83,84)/t68?,69-,70-,71-/m1/s1. The minimum Gasteiger partial charge on any atom is -0.462 e. The summed E-state index contributed by atoms with van der Waals surface area (Å²) < 4.78 is 68.3. The van der Waals surface area contributed by atoms with Gasteiger partial charge in [-0.05, 0) is 37.5 Å². The second-order valence-corrected chi connectivity index (χ2v) is 30.7. The van der Waals surface area contributed by atoms with E-state index < -0.39 is 97.5 Å². The fraction of sp³-hybridized carbons (Fsp3) is 0.947. The first kappa shape index (κ1) is 92.1. The lowest BCUT2D eigenvalue weighted by Crippen LogP contribution is -2.30. The van der Waals surface area contributed by atoms with Gasteiger partial charge in [0.15, 0.2) is 12.2 Å². The molecule has 6 atom stereocenters. The maximum absolute atomic E-state index is 13.1. The molecule has 0 aromatic rings. The predicted octanol–water partition coefficient (Wildman–Crippen LogP) is 21.9. The van der Waals surface area contributed by atoms with Crippen LogP contribution in [0, 0.1) is 11.8 Å². The number of hydrogen-bond donors (Lipinski definition) is 3. The van der Waals surface area contributed by atoms with Crippen molar-refractivity contribution in [2.45, 2.75) is 407 Å². The van der Waals surface area contributed by atoms with Crippen LogP contribution in [-0.4, -0.2) is 96.7 Å². The molecule has 0 aromatic heterocycles. The van der Waals surface area contributed by atoms with E-state index in [1.165, 1.54) is 193 Å². The summed E-state index contributed by atoms with van der Waals surface area (Å²) in [5.74, 6) is -0.598. The van der Waals surface area contributed by atoms with Gasteiger partial charge < -0.3 is 33.8 Å². The van der Waals surface area contributed by atoms with E-state index in [1.807, 2.05) is 0 Å². The summed E-state index contributed by atoms with van der Waals surface area (Å²) in [5.41, 5.74) is 0. The van der Waals surface area contributed by atoms with Crippen LogP contribution in [0.2, 0.25) is 0 Å². The lowest BCUT2D eigenvalue weighted by atomic mass is 10.00. The number of unbranched alkanes of at least 4 members (excludes halogenated alkanes) is 43. The molecular formula is C75H146O17P2. The van der Waals surface area contributed by atoms with E-state index in [2.05, 4.69) is 41.5 Å². The monoisotopic (exact) mass is 1380 g/mol. The summed E-state index contributed by atoms with van der Waals surface area (Å²) >= 11 is 0. The van der Waals surface area contributed by atoms with E-state index in [4.69, 9.17) is 37.0 Å². The third-order valence-electron chi connectivity index (χ3n) is 17.8. The maximum atomic E-state index is 13.1. The molecule has 3 unspecified atom stereocenters. The van der Waals surface area contributed by atoms with Crippen molar-refractivity contribution in [2.24, 2.45) is 11.8 Å². The number of phosphoric ester groups is 2. The molecule has 19 heteroatoms. The Morgan fingerprint density at radius 2 is 0.543 bits per heavy atom. The number of phosphoric acid groups is 2. The van der Waals surface area contributed by atoms with Gasteiger partial charge in [0, 0.05) is 25.7 Å². The lowest BCUT2D eigenvalue weighted by Gasteiger charge is -2.21. The van der Waals surface area contributed by atoms with Crippen LogP contribution in [0.4, 0.5) is 0 Å². The molecule has 0 aliphatic rings. The fourth-order valence-corrected chi connectivity index (χ4v) is 13.0. The topological polar surface area (TPSA) is 237 Å². The van der Waals surface area contributed by atoms with Crippen LogP contribution in [0.25, 0.3) is 0 Å². The van der Waals surface area contributed by atoms with Gasteiger partial charge in [0.1, 0.15) is 19.3 Å². The van der Waals surface area contributed by atoms with Gasteiger partial charge in [0.2, 0.25) is 0 Å². The summed E-state index contributed by atoms with van der Waals surface area (Å²) in [7, 11) is -9.90. The van der Waals surface area contributed by atoms with Gasteiger partial charge in [-0.1, -0.05) is 337 Å². The number of rotatable bonds is 74. The molecule has 0 spiro atoms. The van der Waals surface area contributed by atoms with Crippen LogP contribution < -0.4 is 0 Å². The number of hydrogen-bond acceptors (Lipinski definition) is 15. The molecule has 558 valence electrons. The van der Waals surface area contributed by atoms with E-state index in [0.29, 0.717) is 25.7 Å².